The number of aryl methyl sites for hydroxylation is 1. The van der Waals surface area contributed by atoms with E-state index in [2.05, 4.69) is 10.0 Å². The van der Waals surface area contributed by atoms with E-state index in [0.29, 0.717) is 11.5 Å². The molecule has 1 heterocycles. The van der Waals surface area contributed by atoms with Gasteiger partial charge in [-0.05, 0) is 43.0 Å². The predicted molar refractivity (Wildman–Crippen MR) is 84.1 cm³/mol. The minimum Gasteiger partial charge on any atom is -0.385 e. The number of nitrogens with one attached hydrogen (secondary N) is 2. The van der Waals surface area contributed by atoms with Gasteiger partial charge in [0.2, 0.25) is 10.0 Å². The van der Waals surface area contributed by atoms with E-state index >= 15 is 0 Å². The molecule has 0 aromatic heterocycles. The van der Waals surface area contributed by atoms with Gasteiger partial charge < -0.3 is 10.1 Å². The summed E-state index contributed by atoms with van der Waals surface area (Å²) in [6, 6.07) is 5.11. The molecular weight excluding hydrogens is 288 g/mol. The van der Waals surface area contributed by atoms with Gasteiger partial charge in [0.05, 0.1) is 11.5 Å². The summed E-state index contributed by atoms with van der Waals surface area (Å²) >= 11 is 0. The maximum absolute atomic E-state index is 12.5. The van der Waals surface area contributed by atoms with Crippen LogP contribution in [-0.4, -0.2) is 34.7 Å². The highest BCUT2D eigenvalue weighted by Crippen LogP contribution is 2.25. The lowest BCUT2D eigenvalue weighted by molar-refractivity contribution is 0.171. The fraction of sp³-hybridized carbons (Fsp3) is 0.600. The average molecular weight is 312 g/mol. The van der Waals surface area contributed by atoms with E-state index in [1.807, 2.05) is 13.0 Å². The molecule has 0 bridgehead atoms. The summed E-state index contributed by atoms with van der Waals surface area (Å²) in [6.45, 7) is 3.37. The molecule has 1 aliphatic rings. The monoisotopic (exact) mass is 312 g/mol. The quantitative estimate of drug-likeness (QED) is 0.809. The van der Waals surface area contributed by atoms with Crippen LogP contribution in [0.3, 0.4) is 0 Å². The second-order valence-corrected chi connectivity index (χ2v) is 7.13. The number of methoxy groups -OCH3 is 1. The van der Waals surface area contributed by atoms with Gasteiger partial charge in [0.1, 0.15) is 0 Å². The smallest absolute Gasteiger partial charge is 0.240 e. The maximum Gasteiger partial charge on any atom is 0.240 e. The highest BCUT2D eigenvalue weighted by Gasteiger charge is 2.21. The molecule has 0 saturated carbocycles. The van der Waals surface area contributed by atoms with Gasteiger partial charge in [-0.2, -0.15) is 0 Å². The summed E-state index contributed by atoms with van der Waals surface area (Å²) in [6.07, 6.45) is 3.62. The van der Waals surface area contributed by atoms with Crippen molar-refractivity contribution in [2.24, 2.45) is 0 Å². The summed E-state index contributed by atoms with van der Waals surface area (Å²) in [5.74, 6) is 0. The van der Waals surface area contributed by atoms with Crippen LogP contribution in [0, 0.1) is 0 Å². The number of rotatable bonds is 7. The van der Waals surface area contributed by atoms with Crippen LogP contribution in [0.25, 0.3) is 0 Å². The number of hydrogen-bond acceptors (Lipinski definition) is 4. The average Bonchev–Trinajstić information content (AvgIpc) is 2.47. The van der Waals surface area contributed by atoms with Crippen LogP contribution in [0.2, 0.25) is 0 Å². The van der Waals surface area contributed by atoms with Crippen molar-refractivity contribution in [3.63, 3.8) is 0 Å². The Bertz CT molecular complexity index is 566. The normalized spacial score (nSPS) is 16.1. The molecule has 0 fully saturated rings. The number of anilines is 1. The van der Waals surface area contributed by atoms with Crippen LogP contribution in [0.1, 0.15) is 31.7 Å². The van der Waals surface area contributed by atoms with Crippen molar-refractivity contribution in [3.05, 3.63) is 23.8 Å². The van der Waals surface area contributed by atoms with Gasteiger partial charge in [-0.25, -0.2) is 13.1 Å². The van der Waals surface area contributed by atoms with E-state index < -0.39 is 10.0 Å². The fourth-order valence-electron chi connectivity index (χ4n) is 2.63. The van der Waals surface area contributed by atoms with Crippen molar-refractivity contribution < 1.29 is 13.2 Å². The van der Waals surface area contributed by atoms with Crippen molar-refractivity contribution in [1.29, 1.82) is 0 Å². The zero-order chi connectivity index (χ0) is 15.3. The highest BCUT2D eigenvalue weighted by atomic mass is 32.2. The molecule has 2 rings (SSSR count). The third-order valence-corrected chi connectivity index (χ3v) is 5.17. The van der Waals surface area contributed by atoms with Crippen LogP contribution >= 0.6 is 0 Å². The lowest BCUT2D eigenvalue weighted by atomic mass is 10.0. The second kappa shape index (κ2) is 7.24. The summed E-state index contributed by atoms with van der Waals surface area (Å²) in [7, 11) is -1.91. The fourth-order valence-corrected chi connectivity index (χ4v) is 3.94. The highest BCUT2D eigenvalue weighted by molar-refractivity contribution is 7.89. The molecule has 2 N–H and O–H groups in total. The van der Waals surface area contributed by atoms with E-state index in [9.17, 15) is 8.42 Å². The molecule has 1 unspecified atom stereocenters. The van der Waals surface area contributed by atoms with Gasteiger partial charge >= 0.3 is 0 Å². The van der Waals surface area contributed by atoms with Gasteiger partial charge in [-0.1, -0.05) is 13.3 Å². The minimum absolute atomic E-state index is 0.181. The largest absolute Gasteiger partial charge is 0.385 e. The molecule has 0 spiro atoms. The van der Waals surface area contributed by atoms with Crippen LogP contribution < -0.4 is 10.0 Å². The molecule has 6 heteroatoms. The molecule has 1 aromatic rings. The Kier molecular flexibility index (Phi) is 5.61. The van der Waals surface area contributed by atoms with Crippen LogP contribution in [0.4, 0.5) is 5.69 Å². The first-order valence-electron chi connectivity index (χ1n) is 7.45. The molecule has 0 saturated heterocycles. The number of sulfonamides is 1. The second-order valence-electron chi connectivity index (χ2n) is 5.41. The SMILES string of the molecule is CCCC(COC)NS(=O)(=O)c1ccc2c(c1)CCCN2. The van der Waals surface area contributed by atoms with Gasteiger partial charge in [0.25, 0.3) is 0 Å². The molecule has 0 amide bonds. The standard InChI is InChI=1S/C15H24N2O3S/c1-3-5-13(11-20-2)17-21(18,19)14-7-8-15-12(10-14)6-4-9-16-15/h7-8,10,13,16-17H,3-6,9,11H2,1-2H3. The third-order valence-electron chi connectivity index (χ3n) is 3.65. The molecule has 0 aliphatic carbocycles. The Morgan fingerprint density at radius 3 is 2.95 bits per heavy atom. The van der Waals surface area contributed by atoms with E-state index in [0.717, 1.165) is 43.5 Å². The zero-order valence-electron chi connectivity index (χ0n) is 12.7. The minimum atomic E-state index is -3.50. The number of ether oxygens (including phenoxy) is 1. The summed E-state index contributed by atoms with van der Waals surface area (Å²) in [5, 5.41) is 3.29. The van der Waals surface area contributed by atoms with E-state index in [-0.39, 0.29) is 6.04 Å². The third kappa shape index (κ3) is 4.18. The summed E-state index contributed by atoms with van der Waals surface area (Å²) in [4.78, 5) is 0.335. The van der Waals surface area contributed by atoms with Crippen LogP contribution in [0.15, 0.2) is 23.1 Å². The summed E-state index contributed by atoms with van der Waals surface area (Å²) in [5.41, 5.74) is 2.12. The first kappa shape index (κ1) is 16.3. The molecule has 1 aliphatic heterocycles. The van der Waals surface area contributed by atoms with Gasteiger partial charge in [-0.15, -0.1) is 0 Å². The van der Waals surface area contributed by atoms with Crippen molar-refractivity contribution >= 4 is 15.7 Å². The van der Waals surface area contributed by atoms with Gasteiger partial charge in [0, 0.05) is 25.4 Å². The van der Waals surface area contributed by atoms with Gasteiger partial charge in [-0.3, -0.25) is 0 Å². The number of fused-ring (bicyclic) bond motifs is 1. The van der Waals surface area contributed by atoms with Crippen molar-refractivity contribution in [2.75, 3.05) is 25.6 Å². The lowest BCUT2D eigenvalue weighted by Crippen LogP contribution is -2.38. The Labute approximate surface area is 127 Å². The number of benzene rings is 1. The Morgan fingerprint density at radius 2 is 2.24 bits per heavy atom. The molecule has 5 nitrogen and oxygen atoms in total. The Morgan fingerprint density at radius 1 is 1.43 bits per heavy atom. The van der Waals surface area contributed by atoms with E-state index in [4.69, 9.17) is 4.74 Å². The van der Waals surface area contributed by atoms with Crippen molar-refractivity contribution in [2.45, 2.75) is 43.5 Å². The zero-order valence-corrected chi connectivity index (χ0v) is 13.5. The van der Waals surface area contributed by atoms with Gasteiger partial charge in [0.15, 0.2) is 0 Å². The predicted octanol–water partition coefficient (Wildman–Crippen LogP) is 2.14. The Balaban J connectivity index is 2.18. The topological polar surface area (TPSA) is 67.4 Å². The molecule has 21 heavy (non-hydrogen) atoms. The number of hydrogen-bond donors (Lipinski definition) is 2. The summed E-state index contributed by atoms with van der Waals surface area (Å²) < 4.78 is 32.8. The van der Waals surface area contributed by atoms with Crippen molar-refractivity contribution in [3.8, 4) is 0 Å². The Hall–Kier alpha value is -1.11. The maximum atomic E-state index is 12.5. The molecular formula is C15H24N2O3S. The van der Waals surface area contributed by atoms with E-state index in [1.165, 1.54) is 0 Å². The first-order chi connectivity index (χ1) is 10.1. The van der Waals surface area contributed by atoms with Crippen molar-refractivity contribution in [1.82, 2.24) is 4.72 Å². The molecule has 118 valence electrons. The van der Waals surface area contributed by atoms with Crippen LogP contribution in [0.5, 0.6) is 0 Å². The first-order valence-corrected chi connectivity index (χ1v) is 8.93. The van der Waals surface area contributed by atoms with E-state index in [1.54, 1.807) is 19.2 Å². The molecule has 0 radical (unpaired) electrons. The van der Waals surface area contributed by atoms with Crippen LogP contribution in [-0.2, 0) is 21.2 Å². The molecule has 1 aromatic carbocycles. The lowest BCUT2D eigenvalue weighted by Gasteiger charge is -2.20. The molecule has 1 atom stereocenters.